The molecule has 1 atom stereocenters. The molecule has 3 N–H and O–H groups in total. The van der Waals surface area contributed by atoms with E-state index in [0.29, 0.717) is 27.2 Å². The average molecular weight is 356 g/mol. The van der Waals surface area contributed by atoms with E-state index in [1.54, 1.807) is 12.3 Å². The number of hydrogen-bond donors (Lipinski definition) is 3. The lowest BCUT2D eigenvalue weighted by atomic mass is 10.1. The van der Waals surface area contributed by atoms with E-state index in [1.165, 1.54) is 11.3 Å². The van der Waals surface area contributed by atoms with Crippen LogP contribution in [0.25, 0.3) is 10.7 Å². The first-order valence-corrected chi connectivity index (χ1v) is 8.73. The Morgan fingerprint density at radius 3 is 2.52 bits per heavy atom. The Hall–Kier alpha value is -2.35. The number of anilines is 2. The first-order valence-electron chi connectivity index (χ1n) is 7.91. The maximum absolute atomic E-state index is 9.85. The van der Waals surface area contributed by atoms with Gasteiger partial charge in [-0.05, 0) is 50.1 Å². The Kier molecular flexibility index (Phi) is 5.08. The Morgan fingerprint density at radius 2 is 1.84 bits per heavy atom. The van der Waals surface area contributed by atoms with Crippen molar-refractivity contribution in [2.24, 2.45) is 0 Å². The molecule has 2 heterocycles. The summed E-state index contributed by atoms with van der Waals surface area (Å²) < 4.78 is 0. The number of aliphatic hydroxyl groups excluding tert-OH is 2. The summed E-state index contributed by atoms with van der Waals surface area (Å²) in [5, 5.41) is 22.9. The second kappa shape index (κ2) is 7.26. The molecule has 1 unspecified atom stereocenters. The standard InChI is InChI=1S/C18H20N4O2S/c1-10-6-11(2)8-13(7-10)21-18-19-5-4-14(22-18)17-20-12(3)16(25-17)15(24)9-23/h4-8,15,23-24H,9H2,1-3H3,(H,19,21,22). The monoisotopic (exact) mass is 356 g/mol. The van der Waals surface area contributed by atoms with Gasteiger partial charge in [0, 0.05) is 11.9 Å². The summed E-state index contributed by atoms with van der Waals surface area (Å²) in [6, 6.07) is 7.95. The molecule has 0 bridgehead atoms. The van der Waals surface area contributed by atoms with Gasteiger partial charge in [0.15, 0.2) is 0 Å². The Balaban J connectivity index is 1.89. The van der Waals surface area contributed by atoms with Crippen molar-refractivity contribution in [2.75, 3.05) is 11.9 Å². The molecular weight excluding hydrogens is 336 g/mol. The summed E-state index contributed by atoms with van der Waals surface area (Å²) >= 11 is 1.33. The van der Waals surface area contributed by atoms with Crippen LogP contribution in [0.1, 0.15) is 27.8 Å². The number of nitrogens with zero attached hydrogens (tertiary/aromatic N) is 3. The second-order valence-electron chi connectivity index (χ2n) is 5.93. The molecule has 0 aliphatic carbocycles. The summed E-state index contributed by atoms with van der Waals surface area (Å²) in [7, 11) is 0. The summed E-state index contributed by atoms with van der Waals surface area (Å²) in [6.45, 7) is 5.57. The van der Waals surface area contributed by atoms with Gasteiger partial charge in [-0.2, -0.15) is 0 Å². The van der Waals surface area contributed by atoms with Crippen LogP contribution in [0, 0.1) is 20.8 Å². The molecule has 25 heavy (non-hydrogen) atoms. The minimum atomic E-state index is -0.916. The first kappa shape index (κ1) is 17.5. The largest absolute Gasteiger partial charge is 0.393 e. The molecule has 0 saturated carbocycles. The van der Waals surface area contributed by atoms with E-state index >= 15 is 0 Å². The molecule has 0 aliphatic rings. The molecule has 3 rings (SSSR count). The maximum atomic E-state index is 9.85. The van der Waals surface area contributed by atoms with Crippen molar-refractivity contribution in [3.8, 4) is 10.7 Å². The predicted octanol–water partition coefficient (Wildman–Crippen LogP) is 3.29. The molecule has 0 spiro atoms. The second-order valence-corrected chi connectivity index (χ2v) is 6.96. The van der Waals surface area contributed by atoms with Gasteiger partial charge in [-0.3, -0.25) is 0 Å². The van der Waals surface area contributed by atoms with Gasteiger partial charge in [0.1, 0.15) is 16.8 Å². The van der Waals surface area contributed by atoms with Crippen LogP contribution in [0.15, 0.2) is 30.5 Å². The summed E-state index contributed by atoms with van der Waals surface area (Å²) in [5.41, 5.74) is 4.63. The molecule has 1 aromatic carbocycles. The van der Waals surface area contributed by atoms with Crippen molar-refractivity contribution in [1.29, 1.82) is 0 Å². The number of benzene rings is 1. The van der Waals surface area contributed by atoms with E-state index in [9.17, 15) is 5.11 Å². The van der Waals surface area contributed by atoms with Gasteiger partial charge in [-0.1, -0.05) is 6.07 Å². The normalized spacial score (nSPS) is 12.2. The fourth-order valence-electron chi connectivity index (χ4n) is 2.62. The highest BCUT2D eigenvalue weighted by molar-refractivity contribution is 7.15. The van der Waals surface area contributed by atoms with E-state index in [0.717, 1.165) is 16.8 Å². The molecule has 6 nitrogen and oxygen atoms in total. The SMILES string of the molecule is Cc1cc(C)cc(Nc2nccc(-c3nc(C)c(C(O)CO)s3)n2)c1. The molecule has 7 heteroatoms. The van der Waals surface area contributed by atoms with Crippen LogP contribution in [-0.2, 0) is 0 Å². The van der Waals surface area contributed by atoms with Crippen LogP contribution >= 0.6 is 11.3 Å². The first-order chi connectivity index (χ1) is 12.0. The molecule has 2 aromatic heterocycles. The van der Waals surface area contributed by atoms with Gasteiger partial charge < -0.3 is 15.5 Å². The zero-order valence-electron chi connectivity index (χ0n) is 14.3. The maximum Gasteiger partial charge on any atom is 0.227 e. The lowest BCUT2D eigenvalue weighted by molar-refractivity contribution is 0.0977. The minimum absolute atomic E-state index is 0.328. The molecule has 3 aromatic rings. The lowest BCUT2D eigenvalue weighted by Gasteiger charge is -2.07. The van der Waals surface area contributed by atoms with Crippen LogP contribution in [0.5, 0.6) is 0 Å². The number of rotatable bonds is 5. The fourth-order valence-corrected chi connectivity index (χ4v) is 3.64. The number of aryl methyl sites for hydroxylation is 3. The van der Waals surface area contributed by atoms with Crippen molar-refractivity contribution < 1.29 is 10.2 Å². The van der Waals surface area contributed by atoms with Crippen molar-refractivity contribution in [2.45, 2.75) is 26.9 Å². The van der Waals surface area contributed by atoms with Crippen molar-refractivity contribution in [3.63, 3.8) is 0 Å². The van der Waals surface area contributed by atoms with E-state index in [2.05, 4.69) is 26.3 Å². The van der Waals surface area contributed by atoms with Crippen LogP contribution in [0.4, 0.5) is 11.6 Å². The van der Waals surface area contributed by atoms with Gasteiger partial charge >= 0.3 is 0 Å². The quantitative estimate of drug-likeness (QED) is 0.650. The Labute approximate surface area is 150 Å². The predicted molar refractivity (Wildman–Crippen MR) is 99.1 cm³/mol. The van der Waals surface area contributed by atoms with Crippen molar-refractivity contribution in [3.05, 3.63) is 52.2 Å². The van der Waals surface area contributed by atoms with Crippen LogP contribution < -0.4 is 5.32 Å². The third kappa shape index (κ3) is 4.01. The number of thiazole rings is 1. The fraction of sp³-hybridized carbons (Fsp3) is 0.278. The number of hydrogen-bond acceptors (Lipinski definition) is 7. The van der Waals surface area contributed by atoms with Gasteiger partial charge in [-0.15, -0.1) is 11.3 Å². The molecular formula is C18H20N4O2S. The number of aliphatic hydroxyl groups is 2. The van der Waals surface area contributed by atoms with E-state index in [-0.39, 0.29) is 6.61 Å². The number of nitrogens with one attached hydrogen (secondary N) is 1. The van der Waals surface area contributed by atoms with Gasteiger partial charge in [0.25, 0.3) is 0 Å². The van der Waals surface area contributed by atoms with Crippen molar-refractivity contribution in [1.82, 2.24) is 15.0 Å². The van der Waals surface area contributed by atoms with Crippen LogP contribution in [-0.4, -0.2) is 31.8 Å². The third-order valence-electron chi connectivity index (χ3n) is 3.66. The van der Waals surface area contributed by atoms with E-state index in [1.807, 2.05) is 32.9 Å². The lowest BCUT2D eigenvalue weighted by Crippen LogP contribution is -2.01. The third-order valence-corrected chi connectivity index (χ3v) is 4.94. The van der Waals surface area contributed by atoms with E-state index < -0.39 is 6.10 Å². The van der Waals surface area contributed by atoms with E-state index in [4.69, 9.17) is 5.11 Å². The Bertz CT molecular complexity index is 874. The van der Waals surface area contributed by atoms with Crippen LogP contribution in [0.3, 0.4) is 0 Å². The summed E-state index contributed by atoms with van der Waals surface area (Å²) in [6.07, 6.45) is 0.757. The minimum Gasteiger partial charge on any atom is -0.393 e. The molecule has 0 aliphatic heterocycles. The van der Waals surface area contributed by atoms with Crippen molar-refractivity contribution >= 4 is 23.0 Å². The summed E-state index contributed by atoms with van der Waals surface area (Å²) in [5.74, 6) is 0.486. The zero-order chi connectivity index (χ0) is 18.0. The van der Waals surface area contributed by atoms with Gasteiger partial charge in [-0.25, -0.2) is 15.0 Å². The summed E-state index contributed by atoms with van der Waals surface area (Å²) in [4.78, 5) is 13.9. The Morgan fingerprint density at radius 1 is 1.12 bits per heavy atom. The average Bonchev–Trinajstić information content (AvgIpc) is 2.95. The topological polar surface area (TPSA) is 91.2 Å². The molecule has 0 fully saturated rings. The number of aromatic nitrogens is 3. The highest BCUT2D eigenvalue weighted by atomic mass is 32.1. The molecule has 0 amide bonds. The smallest absolute Gasteiger partial charge is 0.227 e. The molecule has 0 saturated heterocycles. The van der Waals surface area contributed by atoms with Crippen LogP contribution in [0.2, 0.25) is 0 Å². The van der Waals surface area contributed by atoms with Gasteiger partial charge in [0.2, 0.25) is 5.95 Å². The highest BCUT2D eigenvalue weighted by Gasteiger charge is 2.17. The highest BCUT2D eigenvalue weighted by Crippen LogP contribution is 2.31. The van der Waals surface area contributed by atoms with Gasteiger partial charge in [0.05, 0.1) is 17.2 Å². The zero-order valence-corrected chi connectivity index (χ0v) is 15.1. The molecule has 130 valence electrons. The molecule has 0 radical (unpaired) electrons.